The Kier molecular flexibility index (Phi) is 11.4. The third-order valence-corrected chi connectivity index (χ3v) is 7.74. The van der Waals surface area contributed by atoms with Gasteiger partial charge in [0, 0.05) is 18.9 Å². The number of fused-ring (bicyclic) bond motifs is 1. The maximum absolute atomic E-state index is 13.8. The first kappa shape index (κ1) is 38.0. The normalized spacial score (nSPS) is 16.5. The minimum atomic E-state index is -5.12. The molecular weight excluding hydrogens is 691 g/mol. The van der Waals surface area contributed by atoms with E-state index in [4.69, 9.17) is 14.6 Å². The molecule has 0 radical (unpaired) electrons. The number of halogens is 9. The summed E-state index contributed by atoms with van der Waals surface area (Å²) < 4.78 is 133. The summed E-state index contributed by atoms with van der Waals surface area (Å²) in [5.41, 5.74) is -4.62. The van der Waals surface area contributed by atoms with Gasteiger partial charge in [0.1, 0.15) is 0 Å². The van der Waals surface area contributed by atoms with Gasteiger partial charge in [0.2, 0.25) is 5.95 Å². The number of carbonyl (C=O) groups is 2. The van der Waals surface area contributed by atoms with E-state index in [-0.39, 0.29) is 67.2 Å². The zero-order chi connectivity index (χ0) is 37.0. The lowest BCUT2D eigenvalue weighted by Crippen LogP contribution is -2.46. The van der Waals surface area contributed by atoms with Crippen LogP contribution >= 0.6 is 0 Å². The van der Waals surface area contributed by atoms with E-state index in [1.54, 1.807) is 13.8 Å². The number of nitrogens with one attached hydrogen (secondary N) is 1. The quantitative estimate of drug-likeness (QED) is 0.149. The third-order valence-electron chi connectivity index (χ3n) is 7.74. The molecule has 0 saturated heterocycles. The van der Waals surface area contributed by atoms with Gasteiger partial charge in [-0.1, -0.05) is 6.92 Å². The monoisotopic (exact) mass is 722 g/mol. The number of carboxylic acid groups (broad SMARTS) is 1. The van der Waals surface area contributed by atoms with Crippen molar-refractivity contribution < 1.29 is 63.7 Å². The molecule has 2 N–H and O–H groups in total. The summed E-state index contributed by atoms with van der Waals surface area (Å²) in [6, 6.07) is 2.29. The summed E-state index contributed by atoms with van der Waals surface area (Å²) >= 11 is 0. The Morgan fingerprint density at radius 2 is 1.58 bits per heavy atom. The minimum absolute atomic E-state index is 0.00109. The van der Waals surface area contributed by atoms with E-state index in [1.165, 1.54) is 4.90 Å². The van der Waals surface area contributed by atoms with Crippen molar-refractivity contribution in [3.8, 4) is 5.75 Å². The predicted octanol–water partition coefficient (Wildman–Crippen LogP) is 8.67. The van der Waals surface area contributed by atoms with Crippen molar-refractivity contribution in [1.29, 1.82) is 0 Å². The zero-order valence-corrected chi connectivity index (χ0v) is 26.5. The molecule has 1 amide bonds. The lowest BCUT2D eigenvalue weighted by Gasteiger charge is -2.40. The Morgan fingerprint density at radius 3 is 2.14 bits per heavy atom. The van der Waals surface area contributed by atoms with Crippen LogP contribution < -0.4 is 15.0 Å². The molecule has 50 heavy (non-hydrogen) atoms. The number of amides is 1. The molecule has 0 aliphatic carbocycles. The molecule has 0 bridgehead atoms. The van der Waals surface area contributed by atoms with Gasteiger partial charge in [0.15, 0.2) is 5.75 Å². The van der Waals surface area contributed by atoms with Gasteiger partial charge < -0.3 is 19.9 Å². The van der Waals surface area contributed by atoms with E-state index in [9.17, 15) is 49.1 Å². The number of aromatic nitrogens is 2. The average Bonchev–Trinajstić information content (AvgIpc) is 3.02. The van der Waals surface area contributed by atoms with Crippen molar-refractivity contribution in [2.45, 2.75) is 76.6 Å². The van der Waals surface area contributed by atoms with Crippen LogP contribution in [-0.4, -0.2) is 46.4 Å². The Morgan fingerprint density at radius 1 is 0.940 bits per heavy atom. The van der Waals surface area contributed by atoms with Gasteiger partial charge in [-0.25, -0.2) is 14.8 Å². The largest absolute Gasteiger partial charge is 0.490 e. The number of nitrogens with zero attached hydrogens (tertiary/aromatic N) is 3. The number of hydrogen-bond acceptors (Lipinski definition) is 7. The molecule has 1 aromatic heterocycles. The van der Waals surface area contributed by atoms with Crippen molar-refractivity contribution in [3.05, 3.63) is 76.1 Å². The van der Waals surface area contributed by atoms with Gasteiger partial charge >= 0.3 is 30.6 Å². The Balaban J connectivity index is 1.78. The van der Waals surface area contributed by atoms with Gasteiger partial charge in [0.05, 0.1) is 53.5 Å². The van der Waals surface area contributed by atoms with Crippen LogP contribution in [0.25, 0.3) is 0 Å². The molecule has 9 nitrogen and oxygen atoms in total. The maximum atomic E-state index is 13.8. The molecule has 3 aromatic rings. The Bertz CT molecular complexity index is 1660. The van der Waals surface area contributed by atoms with Crippen LogP contribution in [0, 0.1) is 0 Å². The Hall–Kier alpha value is -4.77. The fourth-order valence-electron chi connectivity index (χ4n) is 5.46. The summed E-state index contributed by atoms with van der Waals surface area (Å²) in [6.45, 7) is 3.10. The maximum Gasteiger partial charge on any atom is 0.416 e. The van der Waals surface area contributed by atoms with Crippen LogP contribution in [0.4, 0.5) is 55.9 Å². The molecule has 0 unspecified atom stereocenters. The summed E-state index contributed by atoms with van der Waals surface area (Å²) in [7, 11) is 0. The summed E-state index contributed by atoms with van der Waals surface area (Å²) in [5.74, 6) is -1.56. The topological polar surface area (TPSA) is 114 Å². The first-order valence-corrected chi connectivity index (χ1v) is 15.2. The number of benzene rings is 2. The number of aliphatic carboxylic acids is 1. The average molecular weight is 723 g/mol. The summed E-state index contributed by atoms with van der Waals surface area (Å²) in [6.07, 6.45) is -15.3. The fraction of sp³-hybridized carbons (Fsp3) is 0.438. The molecule has 272 valence electrons. The molecule has 1 aliphatic heterocycles. The van der Waals surface area contributed by atoms with E-state index >= 15 is 0 Å². The number of alkyl halides is 9. The Labute approximate surface area is 279 Å². The van der Waals surface area contributed by atoms with Crippen LogP contribution in [0.1, 0.15) is 79.1 Å². The standard InChI is InChI=1S/C32H31F9N4O5/c1-3-21-15-23(22-14-18(30(33,34)35)7-8-25(22)45(21)29(48)49-4-2)43-28-42-16-26(50-9-5-6-27(46)47)24(44-28)12-17-10-19(31(36,37)38)13-20(11-17)32(39,40)41/h7-8,10-11,13-14,16,21,23H,3-6,9,12,15H2,1-2H3,(H,46,47)(H,42,43,44)/t21-,23+/m1/s1. The number of hydrogen-bond donors (Lipinski definition) is 2. The van der Waals surface area contributed by atoms with Crippen LogP contribution in [0.3, 0.4) is 0 Å². The third kappa shape index (κ3) is 9.26. The highest BCUT2D eigenvalue weighted by atomic mass is 19.4. The molecule has 2 aromatic carbocycles. The summed E-state index contributed by atoms with van der Waals surface area (Å²) in [4.78, 5) is 33.5. The smallest absolute Gasteiger partial charge is 0.416 e. The second-order valence-corrected chi connectivity index (χ2v) is 11.3. The molecular formula is C32H31F9N4O5. The highest BCUT2D eigenvalue weighted by molar-refractivity contribution is 5.90. The molecule has 4 rings (SSSR count). The highest BCUT2D eigenvalue weighted by Crippen LogP contribution is 2.43. The van der Waals surface area contributed by atoms with Crippen molar-refractivity contribution >= 4 is 23.7 Å². The van der Waals surface area contributed by atoms with Crippen molar-refractivity contribution in [2.75, 3.05) is 23.4 Å². The molecule has 2 heterocycles. The SMILES string of the molecule is CCOC(=O)N1c2ccc(C(F)(F)F)cc2[C@@H](Nc2ncc(OCCCC(=O)O)c(Cc3cc(C(F)(F)F)cc(C(F)(F)F)c3)n2)C[C@H]1CC. The van der Waals surface area contributed by atoms with Crippen LogP contribution in [0.5, 0.6) is 5.75 Å². The second-order valence-electron chi connectivity index (χ2n) is 11.3. The predicted molar refractivity (Wildman–Crippen MR) is 160 cm³/mol. The molecule has 18 heteroatoms. The van der Waals surface area contributed by atoms with E-state index in [0.717, 1.165) is 24.4 Å². The number of ether oxygens (including phenoxy) is 2. The molecule has 1 aliphatic rings. The molecule has 0 saturated carbocycles. The van der Waals surface area contributed by atoms with Crippen molar-refractivity contribution in [1.82, 2.24) is 9.97 Å². The van der Waals surface area contributed by atoms with Gasteiger partial charge in [0.25, 0.3) is 0 Å². The fourth-order valence-corrected chi connectivity index (χ4v) is 5.46. The van der Waals surface area contributed by atoms with E-state index in [0.29, 0.717) is 18.6 Å². The summed E-state index contributed by atoms with van der Waals surface area (Å²) in [5, 5.41) is 11.8. The molecule has 0 fully saturated rings. The first-order chi connectivity index (χ1) is 23.3. The number of anilines is 2. The minimum Gasteiger partial charge on any atom is -0.490 e. The highest BCUT2D eigenvalue weighted by Gasteiger charge is 2.40. The van der Waals surface area contributed by atoms with Crippen molar-refractivity contribution in [3.63, 3.8) is 0 Å². The molecule has 2 atom stereocenters. The zero-order valence-electron chi connectivity index (χ0n) is 26.5. The lowest BCUT2D eigenvalue weighted by atomic mass is 9.89. The van der Waals surface area contributed by atoms with Crippen LogP contribution in [-0.2, 0) is 34.5 Å². The van der Waals surface area contributed by atoms with Gasteiger partial charge in [-0.3, -0.25) is 9.69 Å². The lowest BCUT2D eigenvalue weighted by molar-refractivity contribution is -0.143. The van der Waals surface area contributed by atoms with Gasteiger partial charge in [-0.2, -0.15) is 39.5 Å². The van der Waals surface area contributed by atoms with Gasteiger partial charge in [-0.15, -0.1) is 0 Å². The molecule has 0 spiro atoms. The van der Waals surface area contributed by atoms with E-state index in [1.807, 2.05) is 0 Å². The van der Waals surface area contributed by atoms with E-state index < -0.39 is 71.3 Å². The van der Waals surface area contributed by atoms with Crippen LogP contribution in [0.2, 0.25) is 0 Å². The number of carboxylic acids is 1. The number of carbonyl (C=O) groups excluding carboxylic acids is 1. The van der Waals surface area contributed by atoms with Crippen molar-refractivity contribution in [2.24, 2.45) is 0 Å². The second kappa shape index (κ2) is 15.0. The van der Waals surface area contributed by atoms with Gasteiger partial charge in [-0.05, 0) is 73.7 Å². The van der Waals surface area contributed by atoms with E-state index in [2.05, 4.69) is 15.3 Å². The first-order valence-electron chi connectivity index (χ1n) is 15.2. The van der Waals surface area contributed by atoms with Crippen LogP contribution in [0.15, 0.2) is 42.6 Å². The number of rotatable bonds is 11.